The molecular weight excluding hydrogens is 108 g/mol. The second-order valence-electron chi connectivity index (χ2n) is 2.12. The second-order valence-corrected chi connectivity index (χ2v) is 2.12. The molecule has 0 amide bonds. The molecule has 0 aromatic heterocycles. The topological polar surface area (TPSA) is 0 Å². The summed E-state index contributed by atoms with van der Waals surface area (Å²) in [5.41, 5.74) is 0. The average molecular weight is 124 g/mol. The van der Waals surface area contributed by atoms with Gasteiger partial charge in [-0.3, -0.25) is 0 Å². The van der Waals surface area contributed by atoms with Crippen LogP contribution in [0.25, 0.3) is 0 Å². The molecule has 0 nitrogen and oxygen atoms in total. The molecule has 9 heavy (non-hydrogen) atoms. The Morgan fingerprint density at radius 3 is 1.78 bits per heavy atom. The predicted molar refractivity (Wildman–Crippen MR) is 43.4 cm³/mol. The van der Waals surface area contributed by atoms with Crippen molar-refractivity contribution in [2.24, 2.45) is 5.92 Å². The minimum absolute atomic E-state index is 0.653. The van der Waals surface area contributed by atoms with Gasteiger partial charge in [0.15, 0.2) is 0 Å². The van der Waals surface area contributed by atoms with Crippen molar-refractivity contribution >= 4 is 0 Å². The summed E-state index contributed by atoms with van der Waals surface area (Å²) >= 11 is 0. The molecule has 0 spiro atoms. The Bertz CT molecular complexity index is 86.6. The number of hydrogen-bond acceptors (Lipinski definition) is 0. The zero-order valence-electron chi connectivity index (χ0n) is 6.59. The molecule has 0 heteroatoms. The fourth-order valence-corrected chi connectivity index (χ4v) is 0.831. The summed E-state index contributed by atoms with van der Waals surface area (Å²) in [4.78, 5) is 0. The van der Waals surface area contributed by atoms with Crippen molar-refractivity contribution in [1.82, 2.24) is 0 Å². The first-order chi connectivity index (χ1) is 4.35. The van der Waals surface area contributed by atoms with Crippen molar-refractivity contribution in [2.45, 2.75) is 27.2 Å². The summed E-state index contributed by atoms with van der Waals surface area (Å²) in [6, 6.07) is 0. The van der Waals surface area contributed by atoms with E-state index in [0.717, 1.165) is 0 Å². The number of allylic oxidation sites excluding steroid dienone is 4. The number of hydrogen-bond donors (Lipinski definition) is 0. The zero-order chi connectivity index (χ0) is 7.11. The van der Waals surface area contributed by atoms with Gasteiger partial charge in [0.25, 0.3) is 0 Å². The maximum absolute atomic E-state index is 2.22. The lowest BCUT2D eigenvalue weighted by Crippen LogP contribution is -1.86. The van der Waals surface area contributed by atoms with Gasteiger partial charge < -0.3 is 0 Å². The van der Waals surface area contributed by atoms with Gasteiger partial charge in [0.1, 0.15) is 0 Å². The summed E-state index contributed by atoms with van der Waals surface area (Å²) in [5, 5.41) is 0. The molecule has 0 fully saturated rings. The predicted octanol–water partition coefficient (Wildman–Crippen LogP) is 3.16. The van der Waals surface area contributed by atoms with Crippen molar-refractivity contribution in [3.05, 3.63) is 24.3 Å². The summed E-state index contributed by atoms with van der Waals surface area (Å²) in [7, 11) is 0. The van der Waals surface area contributed by atoms with Crippen LogP contribution < -0.4 is 0 Å². The third kappa shape index (κ3) is 4.01. The minimum Gasteiger partial charge on any atom is -0.0911 e. The highest BCUT2D eigenvalue weighted by atomic mass is 14.0. The molecule has 0 aliphatic carbocycles. The SMILES string of the molecule is CC=CC(C=CC)CC. The molecular formula is C9H16. The Hall–Kier alpha value is -0.520. The van der Waals surface area contributed by atoms with Gasteiger partial charge in [0.2, 0.25) is 0 Å². The average Bonchev–Trinajstić information content (AvgIpc) is 1.88. The standard InChI is InChI=1S/C9H16/c1-4-7-9(6-3)8-5-2/h4-5,7-9H,6H2,1-3H3. The van der Waals surface area contributed by atoms with Crippen molar-refractivity contribution in [2.75, 3.05) is 0 Å². The molecule has 0 N–H and O–H groups in total. The van der Waals surface area contributed by atoms with Crippen LogP contribution in [0, 0.1) is 5.92 Å². The van der Waals surface area contributed by atoms with E-state index >= 15 is 0 Å². The van der Waals surface area contributed by atoms with Crippen molar-refractivity contribution in [3.63, 3.8) is 0 Å². The molecule has 0 aromatic rings. The van der Waals surface area contributed by atoms with Crippen LogP contribution in [0.4, 0.5) is 0 Å². The smallest absolute Gasteiger partial charge is 0.00563 e. The van der Waals surface area contributed by atoms with E-state index in [1.54, 1.807) is 0 Å². The second kappa shape index (κ2) is 5.61. The first kappa shape index (κ1) is 8.48. The lowest BCUT2D eigenvalue weighted by molar-refractivity contribution is 0.772. The molecule has 0 aromatic carbocycles. The fraction of sp³-hybridized carbons (Fsp3) is 0.556. The van der Waals surface area contributed by atoms with Gasteiger partial charge in [-0.05, 0) is 26.2 Å². The molecule has 0 unspecified atom stereocenters. The number of rotatable bonds is 3. The third-order valence-electron chi connectivity index (χ3n) is 1.35. The largest absolute Gasteiger partial charge is 0.0911 e. The summed E-state index contributed by atoms with van der Waals surface area (Å²) < 4.78 is 0. The van der Waals surface area contributed by atoms with Gasteiger partial charge in [-0.25, -0.2) is 0 Å². The van der Waals surface area contributed by atoms with Crippen LogP contribution >= 0.6 is 0 Å². The van der Waals surface area contributed by atoms with Crippen LogP contribution in [-0.2, 0) is 0 Å². The Labute approximate surface area is 58.3 Å². The highest BCUT2D eigenvalue weighted by Gasteiger charge is 1.91. The van der Waals surface area contributed by atoms with Gasteiger partial charge in [0.05, 0.1) is 0 Å². The van der Waals surface area contributed by atoms with Crippen LogP contribution in [-0.4, -0.2) is 0 Å². The van der Waals surface area contributed by atoms with Crippen molar-refractivity contribution in [1.29, 1.82) is 0 Å². The normalized spacial score (nSPS) is 15.4. The molecule has 0 aliphatic rings. The first-order valence-corrected chi connectivity index (χ1v) is 3.60. The van der Waals surface area contributed by atoms with E-state index in [0.29, 0.717) is 5.92 Å². The van der Waals surface area contributed by atoms with Gasteiger partial charge in [-0.15, -0.1) is 0 Å². The van der Waals surface area contributed by atoms with Crippen LogP contribution in [0.2, 0.25) is 0 Å². The molecule has 52 valence electrons. The summed E-state index contributed by atoms with van der Waals surface area (Å²) in [6.07, 6.45) is 9.86. The van der Waals surface area contributed by atoms with Gasteiger partial charge in [-0.2, -0.15) is 0 Å². The van der Waals surface area contributed by atoms with Crippen LogP contribution in [0.3, 0.4) is 0 Å². The Balaban J connectivity index is 3.68. The summed E-state index contributed by atoms with van der Waals surface area (Å²) in [5.74, 6) is 0.653. The molecule has 0 atom stereocenters. The molecule has 0 rings (SSSR count). The zero-order valence-corrected chi connectivity index (χ0v) is 6.59. The minimum atomic E-state index is 0.653. The van der Waals surface area contributed by atoms with Crippen LogP contribution in [0.1, 0.15) is 27.2 Å². The van der Waals surface area contributed by atoms with E-state index < -0.39 is 0 Å². The van der Waals surface area contributed by atoms with Gasteiger partial charge >= 0.3 is 0 Å². The molecule has 0 heterocycles. The monoisotopic (exact) mass is 124 g/mol. The first-order valence-electron chi connectivity index (χ1n) is 3.60. The molecule has 0 aliphatic heterocycles. The molecule has 0 saturated carbocycles. The lowest BCUT2D eigenvalue weighted by Gasteiger charge is -1.99. The van der Waals surface area contributed by atoms with Gasteiger partial charge in [-0.1, -0.05) is 31.2 Å². The van der Waals surface area contributed by atoms with Crippen molar-refractivity contribution in [3.8, 4) is 0 Å². The third-order valence-corrected chi connectivity index (χ3v) is 1.35. The lowest BCUT2D eigenvalue weighted by atomic mass is 10.1. The van der Waals surface area contributed by atoms with Crippen LogP contribution in [0.15, 0.2) is 24.3 Å². The highest BCUT2D eigenvalue weighted by Crippen LogP contribution is 2.05. The molecule has 0 bridgehead atoms. The maximum Gasteiger partial charge on any atom is -0.00563 e. The maximum atomic E-state index is 2.22. The van der Waals surface area contributed by atoms with E-state index in [-0.39, 0.29) is 0 Å². The molecule has 0 saturated heterocycles. The Kier molecular flexibility index (Phi) is 5.29. The van der Waals surface area contributed by atoms with E-state index in [2.05, 4.69) is 45.1 Å². The van der Waals surface area contributed by atoms with E-state index in [9.17, 15) is 0 Å². The quantitative estimate of drug-likeness (QED) is 0.507. The fourth-order valence-electron chi connectivity index (χ4n) is 0.831. The highest BCUT2D eigenvalue weighted by molar-refractivity contribution is 4.97. The van der Waals surface area contributed by atoms with Gasteiger partial charge in [0, 0.05) is 0 Å². The Morgan fingerprint density at radius 1 is 1.11 bits per heavy atom. The van der Waals surface area contributed by atoms with E-state index in [1.807, 2.05) is 0 Å². The molecule has 0 radical (unpaired) electrons. The van der Waals surface area contributed by atoms with Crippen LogP contribution in [0.5, 0.6) is 0 Å². The Morgan fingerprint density at radius 2 is 1.56 bits per heavy atom. The summed E-state index contributed by atoms with van der Waals surface area (Å²) in [6.45, 7) is 6.32. The van der Waals surface area contributed by atoms with Crippen molar-refractivity contribution < 1.29 is 0 Å². The van der Waals surface area contributed by atoms with E-state index in [1.165, 1.54) is 6.42 Å². The van der Waals surface area contributed by atoms with E-state index in [4.69, 9.17) is 0 Å².